The first-order chi connectivity index (χ1) is 21.2. The fourth-order valence-corrected chi connectivity index (χ4v) is 11.4. The number of carbonyl (C=O) groups excluding carboxylic acids is 2. The van der Waals surface area contributed by atoms with Crippen molar-refractivity contribution in [3.8, 4) is 5.75 Å². The van der Waals surface area contributed by atoms with Crippen molar-refractivity contribution in [2.75, 3.05) is 6.54 Å². The van der Waals surface area contributed by atoms with Crippen LogP contribution in [0.4, 0.5) is 0 Å². The predicted octanol–water partition coefficient (Wildman–Crippen LogP) is 6.20. The van der Waals surface area contributed by atoms with Crippen molar-refractivity contribution < 1.29 is 24.2 Å². The number of aliphatic carboxylic acids is 1. The highest BCUT2D eigenvalue weighted by atomic mass is 79.9. The number of benzene rings is 2. The summed E-state index contributed by atoms with van der Waals surface area (Å²) in [4.78, 5) is 56.5. The van der Waals surface area contributed by atoms with E-state index in [1.54, 1.807) is 11.8 Å². The van der Waals surface area contributed by atoms with Gasteiger partial charge in [-0.05, 0) is 67.7 Å². The van der Waals surface area contributed by atoms with E-state index in [4.69, 9.17) is 9.84 Å². The van der Waals surface area contributed by atoms with Gasteiger partial charge in [-0.15, -0.1) is 11.8 Å². The molecule has 2 amide bonds. The SMILES string of the molecule is Cc1ccc(COc2ccc(Br)cc2[C@H]2c3sc(=O)[nH]c3SC3C4CC(C5C(=O)N(CCCCCC(=O)O)C(=O)C45)C32)cc1. The number of nitrogens with zero attached hydrogens (tertiary/aromatic N) is 1. The highest BCUT2D eigenvalue weighted by Gasteiger charge is 2.69. The van der Waals surface area contributed by atoms with Gasteiger partial charge in [0.1, 0.15) is 12.4 Å². The third-order valence-corrected chi connectivity index (χ3v) is 13.0. The molecule has 44 heavy (non-hydrogen) atoms. The Hall–Kier alpha value is -2.89. The number of carboxylic acids is 1. The molecule has 7 rings (SSSR count). The van der Waals surface area contributed by atoms with E-state index in [1.165, 1.54) is 21.8 Å². The summed E-state index contributed by atoms with van der Waals surface area (Å²) in [5.74, 6) is -0.892. The third-order valence-electron chi connectivity index (χ3n) is 9.91. The van der Waals surface area contributed by atoms with Crippen LogP contribution in [0, 0.1) is 36.5 Å². The molecule has 11 heteroatoms. The molecule has 2 aromatic carbocycles. The lowest BCUT2D eigenvalue weighted by molar-refractivity contribution is -0.141. The van der Waals surface area contributed by atoms with E-state index in [1.807, 2.05) is 12.1 Å². The minimum atomic E-state index is -0.830. The molecule has 4 aliphatic rings. The molecule has 6 unspecified atom stereocenters. The lowest BCUT2D eigenvalue weighted by atomic mass is 9.68. The summed E-state index contributed by atoms with van der Waals surface area (Å²) in [5.41, 5.74) is 3.24. The van der Waals surface area contributed by atoms with E-state index >= 15 is 0 Å². The zero-order valence-electron chi connectivity index (χ0n) is 24.2. The van der Waals surface area contributed by atoms with Crippen LogP contribution < -0.4 is 9.61 Å². The number of aromatic amines is 1. The van der Waals surface area contributed by atoms with Gasteiger partial charge < -0.3 is 14.8 Å². The molecular formula is C33H33BrN2O6S2. The van der Waals surface area contributed by atoms with Crippen molar-refractivity contribution in [1.82, 2.24) is 9.88 Å². The number of likely N-dealkylation sites (tertiary alicyclic amines) is 1. The van der Waals surface area contributed by atoms with Gasteiger partial charge in [0.05, 0.1) is 16.9 Å². The maximum Gasteiger partial charge on any atom is 0.305 e. The summed E-state index contributed by atoms with van der Waals surface area (Å²) in [6, 6.07) is 14.3. The summed E-state index contributed by atoms with van der Waals surface area (Å²) < 4.78 is 7.38. The predicted molar refractivity (Wildman–Crippen MR) is 171 cm³/mol. The molecule has 1 saturated heterocycles. The molecule has 3 aromatic rings. The van der Waals surface area contributed by atoms with E-state index in [0.29, 0.717) is 32.4 Å². The van der Waals surface area contributed by atoms with E-state index in [0.717, 1.165) is 37.7 Å². The molecule has 0 radical (unpaired) electrons. The molecule has 3 fully saturated rings. The Labute approximate surface area is 271 Å². The van der Waals surface area contributed by atoms with Crippen LogP contribution in [0.2, 0.25) is 0 Å². The first kappa shape index (κ1) is 29.8. The van der Waals surface area contributed by atoms with Crippen LogP contribution in [0.1, 0.15) is 59.6 Å². The number of fused-ring (bicyclic) bond motifs is 9. The van der Waals surface area contributed by atoms with Gasteiger partial charge in [-0.25, -0.2) is 0 Å². The Morgan fingerprint density at radius 1 is 1.05 bits per heavy atom. The van der Waals surface area contributed by atoms with Gasteiger partial charge in [0.15, 0.2) is 0 Å². The fraction of sp³-hybridized carbons (Fsp3) is 0.455. The minimum Gasteiger partial charge on any atom is -0.489 e. The van der Waals surface area contributed by atoms with Crippen LogP contribution >= 0.6 is 39.0 Å². The van der Waals surface area contributed by atoms with Crippen LogP contribution in [0.3, 0.4) is 0 Å². The largest absolute Gasteiger partial charge is 0.489 e. The second-order valence-corrected chi connectivity index (χ2v) is 15.6. The van der Waals surface area contributed by atoms with E-state index < -0.39 is 5.97 Å². The smallest absolute Gasteiger partial charge is 0.305 e. The fourth-order valence-electron chi connectivity index (χ4n) is 8.11. The van der Waals surface area contributed by atoms with Crippen molar-refractivity contribution in [1.29, 1.82) is 0 Å². The lowest BCUT2D eigenvalue weighted by Crippen LogP contribution is -2.42. The molecule has 8 nitrogen and oxygen atoms in total. The molecule has 1 aromatic heterocycles. The molecule has 7 atom stereocenters. The average molecular weight is 698 g/mol. The van der Waals surface area contributed by atoms with Crippen molar-refractivity contribution >= 4 is 56.8 Å². The van der Waals surface area contributed by atoms with Gasteiger partial charge in [0.25, 0.3) is 0 Å². The molecule has 3 heterocycles. The summed E-state index contributed by atoms with van der Waals surface area (Å²) >= 11 is 6.59. The summed E-state index contributed by atoms with van der Waals surface area (Å²) in [7, 11) is 0. The van der Waals surface area contributed by atoms with Crippen LogP contribution in [0.5, 0.6) is 5.75 Å². The molecule has 2 aliphatic heterocycles. The number of aryl methyl sites for hydroxylation is 1. The first-order valence-electron chi connectivity index (χ1n) is 15.2. The Morgan fingerprint density at radius 2 is 1.80 bits per heavy atom. The molecule has 2 saturated carbocycles. The number of aromatic nitrogens is 1. The molecular weight excluding hydrogens is 664 g/mol. The van der Waals surface area contributed by atoms with Crippen molar-refractivity contribution in [3.63, 3.8) is 0 Å². The number of unbranched alkanes of at least 4 members (excludes halogenated alkanes) is 2. The lowest BCUT2D eigenvalue weighted by Gasteiger charge is -2.43. The van der Waals surface area contributed by atoms with Gasteiger partial charge in [0, 0.05) is 39.0 Å². The number of hydrogen-bond donors (Lipinski definition) is 2. The van der Waals surface area contributed by atoms with Gasteiger partial charge in [-0.3, -0.25) is 24.1 Å². The number of amides is 2. The second kappa shape index (κ2) is 11.8. The maximum atomic E-state index is 13.8. The van der Waals surface area contributed by atoms with Crippen molar-refractivity contribution in [2.45, 2.75) is 61.8 Å². The van der Waals surface area contributed by atoms with E-state index in [9.17, 15) is 19.2 Å². The number of thioether (sulfide) groups is 1. The van der Waals surface area contributed by atoms with Crippen LogP contribution in [-0.2, 0) is 21.0 Å². The topological polar surface area (TPSA) is 117 Å². The van der Waals surface area contributed by atoms with Gasteiger partial charge >= 0.3 is 10.8 Å². The number of imide groups is 1. The number of thiazole rings is 1. The summed E-state index contributed by atoms with van der Waals surface area (Å²) in [5, 5.41) is 9.89. The Morgan fingerprint density at radius 3 is 2.55 bits per heavy atom. The Balaban J connectivity index is 1.20. The number of H-pyrrole nitrogens is 1. The number of hydrogen-bond acceptors (Lipinski definition) is 7. The number of halogens is 1. The highest BCUT2D eigenvalue weighted by Crippen LogP contribution is 2.69. The standard InChI is InChI=1S/C33H33BrN2O6S2/c1-16-6-8-17(9-7-16)15-42-22-11-10-18(34)13-19(22)24-25-20-14-21(28(25)43-30-29(24)44-33(41)35-30)27-26(20)31(39)36(32(27)40)12-4-2-3-5-23(37)38/h6-11,13,20-21,24-28H,2-5,12,14-15H2,1H3,(H,35,41)(H,37,38)/t20?,21?,24-,25?,26?,27?,28?/m1/s1. The van der Waals surface area contributed by atoms with Gasteiger partial charge in [0.2, 0.25) is 11.8 Å². The van der Waals surface area contributed by atoms with Gasteiger partial charge in [-0.1, -0.05) is 63.5 Å². The highest BCUT2D eigenvalue weighted by molar-refractivity contribution is 9.10. The average Bonchev–Trinajstić information content (AvgIpc) is 3.72. The van der Waals surface area contributed by atoms with Crippen molar-refractivity contribution in [2.24, 2.45) is 29.6 Å². The third kappa shape index (κ3) is 5.14. The molecule has 2 aliphatic carbocycles. The number of carboxylic acid groups (broad SMARTS) is 1. The molecule has 0 spiro atoms. The van der Waals surface area contributed by atoms with E-state index in [2.05, 4.69) is 58.2 Å². The Kier molecular flexibility index (Phi) is 7.99. The molecule has 230 valence electrons. The summed E-state index contributed by atoms with van der Waals surface area (Å²) in [6.45, 7) is 2.81. The van der Waals surface area contributed by atoms with Gasteiger partial charge in [-0.2, -0.15) is 0 Å². The normalized spacial score (nSPS) is 28.2. The Bertz CT molecular complexity index is 1690. The first-order valence-corrected chi connectivity index (χ1v) is 17.6. The van der Waals surface area contributed by atoms with Crippen molar-refractivity contribution in [3.05, 3.63) is 78.2 Å². The molecule has 2 N–H and O–H groups in total. The minimum absolute atomic E-state index is 0.0234. The maximum absolute atomic E-state index is 13.8. The van der Waals surface area contributed by atoms with Crippen LogP contribution in [-0.4, -0.2) is 44.6 Å². The quantitative estimate of drug-likeness (QED) is 0.191. The van der Waals surface area contributed by atoms with E-state index in [-0.39, 0.29) is 63.9 Å². The number of nitrogens with one attached hydrogen (secondary N) is 1. The summed E-state index contributed by atoms with van der Waals surface area (Å²) in [6.07, 6.45) is 2.73. The zero-order valence-corrected chi connectivity index (χ0v) is 27.4. The monoisotopic (exact) mass is 696 g/mol. The number of rotatable bonds is 10. The number of carbonyl (C=O) groups is 3. The van der Waals surface area contributed by atoms with Crippen LogP contribution in [0.25, 0.3) is 0 Å². The number of ether oxygens (including phenoxy) is 1. The second-order valence-electron chi connectivity index (χ2n) is 12.4. The zero-order chi connectivity index (χ0) is 30.7. The van der Waals surface area contributed by atoms with Crippen LogP contribution in [0.15, 0.2) is 56.8 Å². The molecule has 2 bridgehead atoms.